The van der Waals surface area contributed by atoms with Gasteiger partial charge in [0.1, 0.15) is 11.5 Å². The summed E-state index contributed by atoms with van der Waals surface area (Å²) in [7, 11) is 0. The van der Waals surface area contributed by atoms with Crippen molar-refractivity contribution in [2.75, 3.05) is 0 Å². The van der Waals surface area contributed by atoms with Crippen molar-refractivity contribution in [3.8, 4) is 11.5 Å². The van der Waals surface area contributed by atoms with Crippen LogP contribution in [0, 0.1) is 10.8 Å². The largest absolute Gasteiger partial charge is 0.423 e. The lowest BCUT2D eigenvalue weighted by atomic mass is 10.1. The van der Waals surface area contributed by atoms with Gasteiger partial charge in [-0.2, -0.15) is 0 Å². The Bertz CT molecular complexity index is 939. The predicted octanol–water partition coefficient (Wildman–Crippen LogP) is 3.93. The summed E-state index contributed by atoms with van der Waals surface area (Å²) in [5.41, 5.74) is 0.310. The molecule has 3 rings (SSSR count). The van der Waals surface area contributed by atoms with E-state index in [1.54, 1.807) is 60.7 Å². The minimum absolute atomic E-state index is 0.155. The first-order chi connectivity index (χ1) is 14.6. The molecule has 0 aromatic heterocycles. The van der Waals surface area contributed by atoms with E-state index in [-0.39, 0.29) is 11.1 Å². The van der Waals surface area contributed by atoms with Gasteiger partial charge in [0.15, 0.2) is 0 Å². The summed E-state index contributed by atoms with van der Waals surface area (Å²) in [4.78, 5) is 41.4. The van der Waals surface area contributed by atoms with Gasteiger partial charge in [0, 0.05) is 0 Å². The summed E-state index contributed by atoms with van der Waals surface area (Å²) >= 11 is 0. The van der Waals surface area contributed by atoms with Crippen LogP contribution in [0.5, 0.6) is 11.5 Å². The van der Waals surface area contributed by atoms with Crippen molar-refractivity contribution in [2.45, 2.75) is 0 Å². The molecule has 150 valence electrons. The molecule has 0 atom stereocenters. The number of carbonyl (C=O) groups excluding carboxylic acids is 4. The van der Waals surface area contributed by atoms with E-state index in [0.717, 1.165) is 12.2 Å². The third-order valence-corrected chi connectivity index (χ3v) is 3.27. The van der Waals surface area contributed by atoms with Crippen LogP contribution < -0.4 is 9.47 Å². The smallest absolute Gasteiger partial charge is 0.344 e. The molecule has 0 heterocycles. The van der Waals surface area contributed by atoms with Gasteiger partial charge in [-0.1, -0.05) is 48.5 Å². The highest BCUT2D eigenvalue weighted by Gasteiger charge is 2.20. The van der Waals surface area contributed by atoms with E-state index in [0.29, 0.717) is 11.5 Å². The van der Waals surface area contributed by atoms with Crippen LogP contribution in [0.3, 0.4) is 0 Å². The Labute approximate surface area is 171 Å². The Balaban J connectivity index is 0.000000672. The maximum atomic E-state index is 12.4. The molecule has 0 aliphatic rings. The van der Waals surface area contributed by atoms with Gasteiger partial charge in [-0.3, -0.25) is 0 Å². The molecule has 0 fully saturated rings. The van der Waals surface area contributed by atoms with Crippen molar-refractivity contribution in [1.82, 2.24) is 0 Å². The number of hydrogen-bond donors (Lipinski definition) is 2. The number of carbonyl (C=O) groups is 2. The molecule has 0 spiro atoms. The lowest BCUT2D eigenvalue weighted by Gasteiger charge is -2.09. The average molecular weight is 404 g/mol. The van der Waals surface area contributed by atoms with Crippen LogP contribution in [0.1, 0.15) is 20.7 Å². The number of ether oxygens (including phenoxy) is 2. The van der Waals surface area contributed by atoms with E-state index < -0.39 is 11.9 Å². The van der Waals surface area contributed by atoms with E-state index in [1.165, 1.54) is 12.1 Å². The number of benzene rings is 3. The second kappa shape index (κ2) is 13.5. The quantitative estimate of drug-likeness (QED) is 0.293. The Kier molecular flexibility index (Phi) is 10.5. The lowest BCUT2D eigenvalue weighted by molar-refractivity contribution is 0.0692. The van der Waals surface area contributed by atoms with Gasteiger partial charge in [0.05, 0.1) is 11.1 Å². The molecule has 0 saturated heterocycles. The molecule has 0 aliphatic carbocycles. The third kappa shape index (κ3) is 7.94. The number of esters is 2. The van der Waals surface area contributed by atoms with Gasteiger partial charge in [-0.25, -0.2) is 30.0 Å². The Hall–Kier alpha value is -4.64. The maximum Gasteiger partial charge on any atom is 0.344 e. The molecule has 2 N–H and O–H groups in total. The fourth-order valence-electron chi connectivity index (χ4n) is 2.14. The van der Waals surface area contributed by atoms with E-state index in [4.69, 9.17) is 29.9 Å². The fourth-order valence-corrected chi connectivity index (χ4v) is 2.14. The number of para-hydroxylation sites is 2. The summed E-state index contributed by atoms with van der Waals surface area (Å²) < 4.78 is 10.6. The number of rotatable bonds is 4. The van der Waals surface area contributed by atoms with Crippen LogP contribution in [0.4, 0.5) is 0 Å². The summed E-state index contributed by atoms with van der Waals surface area (Å²) in [6, 6.07) is 23.8. The van der Waals surface area contributed by atoms with Gasteiger partial charge in [0.25, 0.3) is 0 Å². The van der Waals surface area contributed by atoms with Crippen LogP contribution >= 0.6 is 0 Å². The highest BCUT2D eigenvalue weighted by atomic mass is 16.5. The van der Waals surface area contributed by atoms with Crippen LogP contribution in [0.15, 0.2) is 84.9 Å². The third-order valence-electron chi connectivity index (χ3n) is 3.27. The van der Waals surface area contributed by atoms with E-state index in [2.05, 4.69) is 0 Å². The van der Waals surface area contributed by atoms with Gasteiger partial charge in [-0.15, -0.1) is 0 Å². The fraction of sp³-hybridized carbons (Fsp3) is 0. The molecule has 8 heteroatoms. The first-order valence-electron chi connectivity index (χ1n) is 8.28. The van der Waals surface area contributed by atoms with Gasteiger partial charge < -0.3 is 9.47 Å². The van der Waals surface area contributed by atoms with Crippen LogP contribution in [0.2, 0.25) is 0 Å². The molecule has 3 aromatic rings. The summed E-state index contributed by atoms with van der Waals surface area (Å²) in [5, 5.41) is 10.8. The van der Waals surface area contributed by atoms with Gasteiger partial charge in [0.2, 0.25) is 12.2 Å². The van der Waals surface area contributed by atoms with Crippen molar-refractivity contribution in [3.05, 3.63) is 96.1 Å². The average Bonchev–Trinajstić information content (AvgIpc) is 2.76. The van der Waals surface area contributed by atoms with E-state index >= 15 is 0 Å². The standard InChI is InChI=1S/C20H14O4.2CHNO/c21-19(23-15-9-3-1-4-10-15)17-13-7-8-14-18(17)20(22)24-16-11-5-2-6-12-16;2*2-1-3/h1-14H;2*2H. The van der Waals surface area contributed by atoms with Crippen LogP contribution in [-0.4, -0.2) is 24.1 Å². The zero-order valence-corrected chi connectivity index (χ0v) is 15.5. The van der Waals surface area contributed by atoms with Gasteiger partial charge >= 0.3 is 11.9 Å². The monoisotopic (exact) mass is 404 g/mol. The Morgan fingerprint density at radius 2 is 0.833 bits per heavy atom. The molecule has 0 saturated carbocycles. The molecule has 0 aliphatic heterocycles. The second-order valence-electron chi connectivity index (χ2n) is 5.15. The van der Waals surface area contributed by atoms with Crippen LogP contribution in [0.25, 0.3) is 0 Å². The van der Waals surface area contributed by atoms with Crippen molar-refractivity contribution < 1.29 is 28.7 Å². The SMILES string of the molecule is N=C=O.N=C=O.O=C(Oc1ccccc1)c1ccccc1C(=O)Oc1ccccc1. The topological polar surface area (TPSA) is 134 Å². The van der Waals surface area contributed by atoms with E-state index in [1.807, 2.05) is 12.1 Å². The summed E-state index contributed by atoms with van der Waals surface area (Å²) in [6.07, 6.45) is 1.50. The number of hydrogen-bond acceptors (Lipinski definition) is 8. The summed E-state index contributed by atoms with van der Waals surface area (Å²) in [5.74, 6) is -0.397. The molecular weight excluding hydrogens is 388 g/mol. The molecule has 0 amide bonds. The first kappa shape index (κ1) is 23.4. The maximum absolute atomic E-state index is 12.4. The molecule has 0 radical (unpaired) electrons. The van der Waals surface area contributed by atoms with Crippen molar-refractivity contribution in [2.24, 2.45) is 0 Å². The minimum Gasteiger partial charge on any atom is -0.423 e. The first-order valence-corrected chi connectivity index (χ1v) is 8.28. The zero-order valence-electron chi connectivity index (χ0n) is 15.5. The normalized spacial score (nSPS) is 8.53. The number of isocyanates is 2. The Morgan fingerprint density at radius 3 is 1.13 bits per heavy atom. The van der Waals surface area contributed by atoms with Gasteiger partial charge in [-0.05, 0) is 36.4 Å². The zero-order chi connectivity index (χ0) is 22.2. The molecular formula is C22H16N2O6. The lowest BCUT2D eigenvalue weighted by Crippen LogP contribution is -2.17. The van der Waals surface area contributed by atoms with Crippen molar-refractivity contribution >= 4 is 24.1 Å². The van der Waals surface area contributed by atoms with E-state index in [9.17, 15) is 9.59 Å². The molecule has 30 heavy (non-hydrogen) atoms. The molecule has 3 aromatic carbocycles. The predicted molar refractivity (Wildman–Crippen MR) is 106 cm³/mol. The molecule has 0 unspecified atom stereocenters. The van der Waals surface area contributed by atoms with Crippen LogP contribution in [-0.2, 0) is 9.59 Å². The summed E-state index contributed by atoms with van der Waals surface area (Å²) in [6.45, 7) is 0. The van der Waals surface area contributed by atoms with Crippen molar-refractivity contribution in [1.29, 1.82) is 10.8 Å². The second-order valence-corrected chi connectivity index (χ2v) is 5.15. The minimum atomic E-state index is -0.609. The highest BCUT2D eigenvalue weighted by Crippen LogP contribution is 2.17. The van der Waals surface area contributed by atoms with Crippen molar-refractivity contribution in [3.63, 3.8) is 0 Å². The number of nitrogens with one attached hydrogen (secondary N) is 2. The molecule has 0 bridgehead atoms. The Morgan fingerprint density at radius 1 is 0.567 bits per heavy atom. The molecule has 8 nitrogen and oxygen atoms in total. The highest BCUT2D eigenvalue weighted by molar-refractivity contribution is 6.04.